The summed E-state index contributed by atoms with van der Waals surface area (Å²) in [4.78, 5) is 12.5. The summed E-state index contributed by atoms with van der Waals surface area (Å²) in [5, 5.41) is 10.6. The number of ether oxygens (including phenoxy) is 1. The molecule has 4 rings (SSSR count). The molecule has 1 N–H and O–H groups in total. The first-order valence-electron chi connectivity index (χ1n) is 10.1. The van der Waals surface area contributed by atoms with Crippen molar-refractivity contribution in [2.24, 2.45) is 34.5 Å². The van der Waals surface area contributed by atoms with Gasteiger partial charge in [-0.1, -0.05) is 6.92 Å². The van der Waals surface area contributed by atoms with E-state index in [1.165, 1.54) is 19.3 Å². The summed E-state index contributed by atoms with van der Waals surface area (Å²) in [5.41, 5.74) is -0.295. The van der Waals surface area contributed by atoms with Crippen LogP contribution in [0.25, 0.3) is 0 Å². The fourth-order valence-corrected chi connectivity index (χ4v) is 7.55. The first-order valence-corrected chi connectivity index (χ1v) is 10.1. The maximum Gasteiger partial charge on any atom is 0.139 e. The average molecular weight is 335 g/mol. The van der Waals surface area contributed by atoms with Gasteiger partial charge < -0.3 is 9.84 Å². The minimum atomic E-state index is -0.499. The smallest absolute Gasteiger partial charge is 0.139 e. The third-order valence-electron chi connectivity index (χ3n) is 8.77. The van der Waals surface area contributed by atoms with Gasteiger partial charge in [-0.05, 0) is 87.4 Å². The van der Waals surface area contributed by atoms with Gasteiger partial charge in [0.25, 0.3) is 0 Å². The van der Waals surface area contributed by atoms with Crippen molar-refractivity contribution in [1.82, 2.24) is 0 Å². The number of hydrogen-bond acceptors (Lipinski definition) is 3. The molecule has 24 heavy (non-hydrogen) atoms. The number of rotatable bonds is 2. The number of aliphatic hydroxyl groups is 1. The lowest BCUT2D eigenvalue weighted by molar-refractivity contribution is -0.173. The summed E-state index contributed by atoms with van der Waals surface area (Å²) in [5.74, 6) is 3.10. The molecule has 4 aliphatic carbocycles. The van der Waals surface area contributed by atoms with Gasteiger partial charge >= 0.3 is 0 Å². The van der Waals surface area contributed by atoms with E-state index in [9.17, 15) is 9.90 Å². The highest BCUT2D eigenvalue weighted by Crippen LogP contribution is 2.66. The monoisotopic (exact) mass is 334 g/mol. The van der Waals surface area contributed by atoms with Crippen LogP contribution in [0.2, 0.25) is 0 Å². The topological polar surface area (TPSA) is 46.5 Å². The molecule has 0 aliphatic heterocycles. The van der Waals surface area contributed by atoms with Crippen LogP contribution in [-0.4, -0.2) is 30.2 Å². The Balaban J connectivity index is 1.67. The predicted molar refractivity (Wildman–Crippen MR) is 93.6 cm³/mol. The van der Waals surface area contributed by atoms with Crippen LogP contribution in [0, 0.1) is 34.5 Å². The van der Waals surface area contributed by atoms with E-state index in [1.54, 1.807) is 0 Å². The summed E-state index contributed by atoms with van der Waals surface area (Å²) in [6.07, 6.45) is 9.57. The largest absolute Gasteiger partial charge is 0.390 e. The van der Waals surface area contributed by atoms with Crippen molar-refractivity contribution in [2.45, 2.75) is 77.2 Å². The standard InChI is InChI=1S/C21H34O3/c1-19(23)10-11-21(13-24-3)14(12-19)4-5-15-16-6-7-18(22)20(16,2)9-8-17(15)21/h14-17,23H,4-13H2,1-3H3/t14-,15+,16+,17+,19-,20+,21-/m1/s1. The summed E-state index contributed by atoms with van der Waals surface area (Å²) in [6, 6.07) is 0. The van der Waals surface area contributed by atoms with Crippen molar-refractivity contribution in [2.75, 3.05) is 13.7 Å². The molecule has 0 aromatic rings. The molecule has 0 amide bonds. The van der Waals surface area contributed by atoms with Gasteiger partial charge in [0.1, 0.15) is 5.78 Å². The molecule has 0 bridgehead atoms. The van der Waals surface area contributed by atoms with Crippen LogP contribution in [0.3, 0.4) is 0 Å². The molecule has 0 heterocycles. The molecular formula is C21H34O3. The van der Waals surface area contributed by atoms with Gasteiger partial charge in [0.2, 0.25) is 0 Å². The van der Waals surface area contributed by atoms with Crippen molar-refractivity contribution in [3.05, 3.63) is 0 Å². The fraction of sp³-hybridized carbons (Fsp3) is 0.952. The van der Waals surface area contributed by atoms with Crippen molar-refractivity contribution >= 4 is 5.78 Å². The second-order valence-electron chi connectivity index (χ2n) is 9.94. The maximum absolute atomic E-state index is 12.5. The predicted octanol–water partition coefficient (Wildman–Crippen LogP) is 3.98. The minimum Gasteiger partial charge on any atom is -0.390 e. The van der Waals surface area contributed by atoms with E-state index in [0.717, 1.165) is 45.1 Å². The zero-order valence-electron chi connectivity index (χ0n) is 15.6. The second-order valence-corrected chi connectivity index (χ2v) is 9.94. The van der Waals surface area contributed by atoms with E-state index >= 15 is 0 Å². The Morgan fingerprint density at radius 2 is 1.88 bits per heavy atom. The molecule has 4 saturated carbocycles. The number of ketones is 1. The Morgan fingerprint density at radius 1 is 1.08 bits per heavy atom. The van der Waals surface area contributed by atoms with Gasteiger partial charge in [0, 0.05) is 18.9 Å². The summed E-state index contributed by atoms with van der Waals surface area (Å²) < 4.78 is 5.77. The van der Waals surface area contributed by atoms with Crippen molar-refractivity contribution < 1.29 is 14.6 Å². The first kappa shape index (κ1) is 17.0. The van der Waals surface area contributed by atoms with Crippen LogP contribution in [0.4, 0.5) is 0 Å². The molecule has 0 saturated heterocycles. The van der Waals surface area contributed by atoms with Gasteiger partial charge in [-0.3, -0.25) is 4.79 Å². The summed E-state index contributed by atoms with van der Waals surface area (Å²) in [7, 11) is 1.84. The number of hydrogen-bond donors (Lipinski definition) is 1. The highest BCUT2D eigenvalue weighted by Gasteiger charge is 2.62. The summed E-state index contributed by atoms with van der Waals surface area (Å²) in [6.45, 7) is 5.11. The quantitative estimate of drug-likeness (QED) is 0.831. The molecule has 136 valence electrons. The van der Waals surface area contributed by atoms with E-state index in [0.29, 0.717) is 29.5 Å². The lowest BCUT2D eigenvalue weighted by Gasteiger charge is -2.62. The number of Topliss-reactive ketones (excluding diaryl/α,β-unsaturated/α-hetero) is 1. The molecular weight excluding hydrogens is 300 g/mol. The minimum absolute atomic E-state index is 0.0393. The number of fused-ring (bicyclic) bond motifs is 5. The van der Waals surface area contributed by atoms with Gasteiger partial charge in [-0.15, -0.1) is 0 Å². The van der Waals surface area contributed by atoms with Gasteiger partial charge in [0.05, 0.1) is 12.2 Å². The fourth-order valence-electron chi connectivity index (χ4n) is 7.55. The van der Waals surface area contributed by atoms with Gasteiger partial charge in [0.15, 0.2) is 0 Å². The van der Waals surface area contributed by atoms with Crippen LogP contribution < -0.4 is 0 Å². The zero-order chi connectivity index (χ0) is 17.2. The van der Waals surface area contributed by atoms with E-state index < -0.39 is 5.60 Å². The zero-order valence-corrected chi connectivity index (χ0v) is 15.6. The van der Waals surface area contributed by atoms with Crippen molar-refractivity contribution in [3.63, 3.8) is 0 Å². The average Bonchev–Trinajstić information content (AvgIpc) is 2.83. The maximum atomic E-state index is 12.5. The van der Waals surface area contributed by atoms with E-state index in [2.05, 4.69) is 6.92 Å². The van der Waals surface area contributed by atoms with Crippen molar-refractivity contribution in [1.29, 1.82) is 0 Å². The van der Waals surface area contributed by atoms with Crippen LogP contribution in [0.15, 0.2) is 0 Å². The number of carbonyl (C=O) groups is 1. The second kappa shape index (κ2) is 5.54. The Hall–Kier alpha value is -0.410. The molecule has 0 unspecified atom stereocenters. The SMILES string of the molecule is COC[C@]12CC[C@@](C)(O)C[C@H]1CC[C@@H]1[C@@H]2CC[C@]2(C)C(=O)CC[C@@H]12. The Bertz CT molecular complexity index is 527. The highest BCUT2D eigenvalue weighted by molar-refractivity contribution is 5.87. The van der Waals surface area contributed by atoms with Gasteiger partial charge in [-0.25, -0.2) is 0 Å². The van der Waals surface area contributed by atoms with Gasteiger partial charge in [-0.2, -0.15) is 0 Å². The lowest BCUT2D eigenvalue weighted by Crippen LogP contribution is -2.58. The normalized spacial score (nSPS) is 54.1. The van der Waals surface area contributed by atoms with Crippen LogP contribution >= 0.6 is 0 Å². The number of methoxy groups -OCH3 is 1. The molecule has 0 radical (unpaired) electrons. The van der Waals surface area contributed by atoms with Crippen LogP contribution in [-0.2, 0) is 9.53 Å². The molecule has 7 atom stereocenters. The third-order valence-corrected chi connectivity index (χ3v) is 8.77. The molecule has 0 aromatic heterocycles. The van der Waals surface area contributed by atoms with Crippen molar-refractivity contribution in [3.8, 4) is 0 Å². The highest BCUT2D eigenvalue weighted by atomic mass is 16.5. The molecule has 4 aliphatic rings. The lowest BCUT2D eigenvalue weighted by atomic mass is 9.44. The Kier molecular flexibility index (Phi) is 3.93. The van der Waals surface area contributed by atoms with E-state index in [-0.39, 0.29) is 10.8 Å². The first-order chi connectivity index (χ1) is 11.3. The summed E-state index contributed by atoms with van der Waals surface area (Å²) >= 11 is 0. The van der Waals surface area contributed by atoms with E-state index in [1.807, 2.05) is 14.0 Å². The third kappa shape index (κ3) is 2.26. The molecule has 0 aromatic carbocycles. The van der Waals surface area contributed by atoms with E-state index in [4.69, 9.17) is 4.74 Å². The molecule has 0 spiro atoms. The Morgan fingerprint density at radius 3 is 2.62 bits per heavy atom. The molecule has 3 heteroatoms. The molecule has 4 fully saturated rings. The van der Waals surface area contributed by atoms with Crippen LogP contribution in [0.1, 0.15) is 71.6 Å². The Labute approximate surface area is 146 Å². The number of carbonyl (C=O) groups excluding carboxylic acids is 1. The van der Waals surface area contributed by atoms with Crippen LogP contribution in [0.5, 0.6) is 0 Å². The molecule has 3 nitrogen and oxygen atoms in total.